The van der Waals surface area contributed by atoms with Crippen LogP contribution in [0.5, 0.6) is 0 Å². The molecule has 0 heteroatoms. The maximum absolute atomic E-state index is 2.47. The SMILES string of the molecule is CC1CC2CCC(C)C2C1C. The molecule has 2 aliphatic carbocycles. The molecule has 0 heterocycles. The summed E-state index contributed by atoms with van der Waals surface area (Å²) in [6.45, 7) is 7.37. The van der Waals surface area contributed by atoms with Crippen molar-refractivity contribution >= 4 is 0 Å². The van der Waals surface area contributed by atoms with Gasteiger partial charge in [0.1, 0.15) is 0 Å². The molecule has 5 atom stereocenters. The first-order valence-electron chi connectivity index (χ1n) is 5.20. The van der Waals surface area contributed by atoms with Crippen LogP contribution < -0.4 is 0 Å². The quantitative estimate of drug-likeness (QED) is 0.499. The van der Waals surface area contributed by atoms with Crippen LogP contribution in [0.2, 0.25) is 0 Å². The highest BCUT2D eigenvalue weighted by Crippen LogP contribution is 2.52. The normalized spacial score (nSPS) is 56.5. The molecule has 0 radical (unpaired) electrons. The van der Waals surface area contributed by atoms with Gasteiger partial charge < -0.3 is 0 Å². The van der Waals surface area contributed by atoms with Crippen molar-refractivity contribution < 1.29 is 0 Å². The zero-order chi connectivity index (χ0) is 8.01. The predicted molar refractivity (Wildman–Crippen MR) is 48.3 cm³/mol. The molecule has 0 aromatic carbocycles. The summed E-state index contributed by atoms with van der Waals surface area (Å²) in [7, 11) is 0. The number of rotatable bonds is 0. The first-order chi connectivity index (χ1) is 5.20. The predicted octanol–water partition coefficient (Wildman–Crippen LogP) is 3.32. The van der Waals surface area contributed by atoms with Crippen molar-refractivity contribution in [1.29, 1.82) is 0 Å². The molecule has 0 aliphatic heterocycles. The van der Waals surface area contributed by atoms with E-state index in [-0.39, 0.29) is 0 Å². The molecule has 0 N–H and O–H groups in total. The number of hydrogen-bond acceptors (Lipinski definition) is 0. The van der Waals surface area contributed by atoms with Gasteiger partial charge in [0, 0.05) is 0 Å². The molecule has 2 saturated carbocycles. The molecule has 2 aliphatic rings. The molecule has 0 aromatic rings. The Labute approximate surface area is 70.4 Å². The van der Waals surface area contributed by atoms with E-state index >= 15 is 0 Å². The first kappa shape index (κ1) is 7.64. The van der Waals surface area contributed by atoms with E-state index in [9.17, 15) is 0 Å². The molecule has 5 unspecified atom stereocenters. The Morgan fingerprint density at radius 1 is 0.909 bits per heavy atom. The molecule has 2 fully saturated rings. The highest BCUT2D eigenvalue weighted by Gasteiger charge is 2.44. The van der Waals surface area contributed by atoms with Crippen LogP contribution in [0.25, 0.3) is 0 Å². The minimum atomic E-state index is 1.01. The minimum absolute atomic E-state index is 1.01. The summed E-state index contributed by atoms with van der Waals surface area (Å²) in [4.78, 5) is 0. The maximum atomic E-state index is 2.47. The van der Waals surface area contributed by atoms with E-state index in [0.29, 0.717) is 0 Å². The van der Waals surface area contributed by atoms with Crippen LogP contribution in [-0.2, 0) is 0 Å². The van der Waals surface area contributed by atoms with Crippen molar-refractivity contribution in [2.24, 2.45) is 29.6 Å². The molecule has 0 aromatic heterocycles. The third-order valence-corrected chi connectivity index (χ3v) is 4.37. The average Bonchev–Trinajstić information content (AvgIpc) is 2.41. The van der Waals surface area contributed by atoms with Crippen LogP contribution in [0.4, 0.5) is 0 Å². The summed E-state index contributed by atoms with van der Waals surface area (Å²) >= 11 is 0. The first-order valence-corrected chi connectivity index (χ1v) is 5.20. The van der Waals surface area contributed by atoms with Crippen LogP contribution in [0, 0.1) is 29.6 Å². The lowest BCUT2D eigenvalue weighted by molar-refractivity contribution is 0.277. The van der Waals surface area contributed by atoms with Gasteiger partial charge in [-0.3, -0.25) is 0 Å². The van der Waals surface area contributed by atoms with Gasteiger partial charge in [0.25, 0.3) is 0 Å². The van der Waals surface area contributed by atoms with Gasteiger partial charge in [0.05, 0.1) is 0 Å². The van der Waals surface area contributed by atoms with E-state index in [1.54, 1.807) is 0 Å². The zero-order valence-corrected chi connectivity index (χ0v) is 8.01. The van der Waals surface area contributed by atoms with E-state index in [0.717, 1.165) is 29.6 Å². The van der Waals surface area contributed by atoms with Crippen molar-refractivity contribution in [3.8, 4) is 0 Å². The molecular weight excluding hydrogens is 132 g/mol. The van der Waals surface area contributed by atoms with Crippen LogP contribution in [-0.4, -0.2) is 0 Å². The smallest absolute Gasteiger partial charge is 0.0332 e. The van der Waals surface area contributed by atoms with Gasteiger partial charge >= 0.3 is 0 Å². The topological polar surface area (TPSA) is 0 Å². The fraction of sp³-hybridized carbons (Fsp3) is 1.00. The summed E-state index contributed by atoms with van der Waals surface area (Å²) < 4.78 is 0. The van der Waals surface area contributed by atoms with E-state index in [2.05, 4.69) is 20.8 Å². The van der Waals surface area contributed by atoms with Gasteiger partial charge in [-0.15, -0.1) is 0 Å². The van der Waals surface area contributed by atoms with E-state index < -0.39 is 0 Å². The summed E-state index contributed by atoms with van der Waals surface area (Å²) in [6.07, 6.45) is 4.56. The summed E-state index contributed by atoms with van der Waals surface area (Å²) in [6, 6.07) is 0. The van der Waals surface area contributed by atoms with Crippen LogP contribution in [0.15, 0.2) is 0 Å². The molecular formula is C11H20. The standard InChI is InChI=1S/C11H20/c1-7-4-5-10-6-8(2)9(3)11(7)10/h7-11H,4-6H2,1-3H3. The second-order valence-corrected chi connectivity index (χ2v) is 4.96. The highest BCUT2D eigenvalue weighted by molar-refractivity contribution is 4.93. The zero-order valence-electron chi connectivity index (χ0n) is 8.01. The van der Waals surface area contributed by atoms with E-state index in [4.69, 9.17) is 0 Å². The number of fused-ring (bicyclic) bond motifs is 1. The van der Waals surface area contributed by atoms with Crippen LogP contribution in [0.1, 0.15) is 40.0 Å². The molecule has 0 nitrogen and oxygen atoms in total. The lowest BCUT2D eigenvalue weighted by atomic mass is 9.85. The van der Waals surface area contributed by atoms with Gasteiger partial charge in [0.15, 0.2) is 0 Å². The van der Waals surface area contributed by atoms with E-state index in [1.165, 1.54) is 19.3 Å². The van der Waals surface area contributed by atoms with Crippen molar-refractivity contribution in [1.82, 2.24) is 0 Å². The Bertz CT molecular complexity index is 148. The second-order valence-electron chi connectivity index (χ2n) is 4.96. The third-order valence-electron chi connectivity index (χ3n) is 4.37. The van der Waals surface area contributed by atoms with Crippen molar-refractivity contribution in [3.63, 3.8) is 0 Å². The summed E-state index contributed by atoms with van der Waals surface area (Å²) in [5.41, 5.74) is 0. The fourth-order valence-corrected chi connectivity index (χ4v) is 3.62. The Morgan fingerprint density at radius 2 is 1.64 bits per heavy atom. The van der Waals surface area contributed by atoms with Crippen LogP contribution >= 0.6 is 0 Å². The molecule has 0 bridgehead atoms. The highest BCUT2D eigenvalue weighted by atomic mass is 14.5. The lowest BCUT2D eigenvalue weighted by Gasteiger charge is -2.21. The van der Waals surface area contributed by atoms with Crippen molar-refractivity contribution in [3.05, 3.63) is 0 Å². The fourth-order valence-electron chi connectivity index (χ4n) is 3.62. The molecule has 2 rings (SSSR count). The van der Waals surface area contributed by atoms with E-state index in [1.807, 2.05) is 0 Å². The minimum Gasteiger partial charge on any atom is -0.0622 e. The monoisotopic (exact) mass is 152 g/mol. The van der Waals surface area contributed by atoms with Crippen molar-refractivity contribution in [2.45, 2.75) is 40.0 Å². The molecule has 64 valence electrons. The Kier molecular flexibility index (Phi) is 1.74. The third kappa shape index (κ3) is 1.02. The molecule has 0 amide bonds. The van der Waals surface area contributed by atoms with Gasteiger partial charge in [-0.2, -0.15) is 0 Å². The molecule has 0 saturated heterocycles. The van der Waals surface area contributed by atoms with Gasteiger partial charge in [0.2, 0.25) is 0 Å². The lowest BCUT2D eigenvalue weighted by Crippen LogP contribution is -2.15. The number of hydrogen-bond donors (Lipinski definition) is 0. The Hall–Kier alpha value is 0. The van der Waals surface area contributed by atoms with Crippen LogP contribution in [0.3, 0.4) is 0 Å². The van der Waals surface area contributed by atoms with Gasteiger partial charge in [-0.05, 0) is 42.4 Å². The van der Waals surface area contributed by atoms with Crippen molar-refractivity contribution in [2.75, 3.05) is 0 Å². The summed E-state index contributed by atoms with van der Waals surface area (Å²) in [5.74, 6) is 5.24. The Balaban J connectivity index is 2.13. The summed E-state index contributed by atoms with van der Waals surface area (Å²) in [5, 5.41) is 0. The molecule has 11 heavy (non-hydrogen) atoms. The van der Waals surface area contributed by atoms with Gasteiger partial charge in [-0.25, -0.2) is 0 Å². The van der Waals surface area contributed by atoms with Gasteiger partial charge in [-0.1, -0.05) is 27.2 Å². The Morgan fingerprint density at radius 3 is 2.27 bits per heavy atom. The largest absolute Gasteiger partial charge is 0.0622 e. The second kappa shape index (κ2) is 2.50. The maximum Gasteiger partial charge on any atom is -0.0332 e. The average molecular weight is 152 g/mol. The molecule has 0 spiro atoms.